The summed E-state index contributed by atoms with van der Waals surface area (Å²) < 4.78 is 4.87. The summed E-state index contributed by atoms with van der Waals surface area (Å²) in [5.74, 6) is 0.0569. The molecule has 19 heavy (non-hydrogen) atoms. The highest BCUT2D eigenvalue weighted by molar-refractivity contribution is 5.75. The van der Waals surface area contributed by atoms with Crippen molar-refractivity contribution >= 4 is 11.6 Å². The molecule has 2 N–H and O–H groups in total. The van der Waals surface area contributed by atoms with Gasteiger partial charge in [-0.3, -0.25) is 4.79 Å². The quantitative estimate of drug-likeness (QED) is 0.821. The maximum Gasteiger partial charge on any atom is 0.222 e. The Morgan fingerprint density at radius 2 is 2.37 bits per heavy atom. The Labute approximate surface area is 114 Å². The molecule has 104 valence electrons. The fraction of sp³-hybridized carbons (Fsp3) is 0.533. The van der Waals surface area contributed by atoms with Gasteiger partial charge in [-0.05, 0) is 36.5 Å². The fourth-order valence-electron chi connectivity index (χ4n) is 2.31. The largest absolute Gasteiger partial charge is 0.385 e. The molecular weight excluding hydrogens is 240 g/mol. The van der Waals surface area contributed by atoms with Gasteiger partial charge in [0, 0.05) is 32.3 Å². The van der Waals surface area contributed by atoms with Crippen molar-refractivity contribution in [2.45, 2.75) is 25.7 Å². The molecule has 1 aromatic rings. The molecule has 2 rings (SSSR count). The highest BCUT2D eigenvalue weighted by Gasteiger charge is 2.08. The number of methoxy groups -OCH3 is 1. The van der Waals surface area contributed by atoms with E-state index in [4.69, 9.17) is 4.74 Å². The fourth-order valence-corrected chi connectivity index (χ4v) is 2.31. The molecule has 0 spiro atoms. The minimum Gasteiger partial charge on any atom is -0.385 e. The van der Waals surface area contributed by atoms with Crippen molar-refractivity contribution in [1.29, 1.82) is 0 Å². The first-order valence-electron chi connectivity index (χ1n) is 6.91. The van der Waals surface area contributed by atoms with E-state index in [-0.39, 0.29) is 5.91 Å². The Kier molecular flexibility index (Phi) is 5.21. The van der Waals surface area contributed by atoms with Crippen LogP contribution in [0.25, 0.3) is 0 Å². The molecule has 1 aromatic carbocycles. The summed E-state index contributed by atoms with van der Waals surface area (Å²) in [6, 6.07) is 6.54. The number of amides is 1. The van der Waals surface area contributed by atoms with Crippen molar-refractivity contribution in [3.8, 4) is 0 Å². The van der Waals surface area contributed by atoms with Crippen LogP contribution < -0.4 is 10.6 Å². The van der Waals surface area contributed by atoms with Gasteiger partial charge in [-0.2, -0.15) is 0 Å². The number of hydrogen-bond donors (Lipinski definition) is 2. The Hall–Kier alpha value is -1.55. The summed E-state index contributed by atoms with van der Waals surface area (Å²) >= 11 is 0. The molecule has 0 saturated heterocycles. The predicted molar refractivity (Wildman–Crippen MR) is 76.5 cm³/mol. The first-order chi connectivity index (χ1) is 9.29. The van der Waals surface area contributed by atoms with Crippen LogP contribution in [0, 0.1) is 0 Å². The number of carbonyl (C=O) groups excluding carboxylic acids is 1. The van der Waals surface area contributed by atoms with Crippen LogP contribution in [0.3, 0.4) is 0 Å². The average molecular weight is 262 g/mol. The number of fused-ring (bicyclic) bond motifs is 1. The summed E-state index contributed by atoms with van der Waals surface area (Å²) in [4.78, 5) is 11.4. The van der Waals surface area contributed by atoms with Crippen LogP contribution in [-0.4, -0.2) is 32.7 Å². The molecule has 0 unspecified atom stereocenters. The van der Waals surface area contributed by atoms with Crippen molar-refractivity contribution in [1.82, 2.24) is 5.32 Å². The lowest BCUT2D eigenvalue weighted by Gasteiger charge is -2.18. The molecule has 1 aliphatic rings. The minimum absolute atomic E-state index is 0.0569. The Morgan fingerprint density at radius 3 is 3.21 bits per heavy atom. The number of carbonyl (C=O) groups is 1. The van der Waals surface area contributed by atoms with Crippen LogP contribution in [0.4, 0.5) is 5.69 Å². The first-order valence-corrected chi connectivity index (χ1v) is 6.91. The zero-order chi connectivity index (χ0) is 13.5. The van der Waals surface area contributed by atoms with Crippen molar-refractivity contribution in [3.63, 3.8) is 0 Å². The number of aryl methyl sites for hydroxylation is 1. The number of ether oxygens (including phenoxy) is 1. The molecular formula is C15H22N2O2. The van der Waals surface area contributed by atoms with E-state index < -0.39 is 0 Å². The van der Waals surface area contributed by atoms with Gasteiger partial charge >= 0.3 is 0 Å². The lowest BCUT2D eigenvalue weighted by molar-refractivity contribution is -0.121. The summed E-state index contributed by atoms with van der Waals surface area (Å²) in [6.07, 6.45) is 3.66. The van der Waals surface area contributed by atoms with Gasteiger partial charge in [0.2, 0.25) is 5.91 Å². The highest BCUT2D eigenvalue weighted by atomic mass is 16.5. The summed E-state index contributed by atoms with van der Waals surface area (Å²) in [5, 5.41) is 6.32. The number of nitrogens with one attached hydrogen (secondary N) is 2. The lowest BCUT2D eigenvalue weighted by atomic mass is 9.99. The molecule has 0 radical (unpaired) electrons. The zero-order valence-electron chi connectivity index (χ0n) is 11.5. The van der Waals surface area contributed by atoms with Crippen molar-refractivity contribution in [2.75, 3.05) is 32.1 Å². The third-order valence-corrected chi connectivity index (χ3v) is 3.38. The molecule has 0 atom stereocenters. The van der Waals surface area contributed by atoms with Crippen LogP contribution in [0.2, 0.25) is 0 Å². The third kappa shape index (κ3) is 4.24. The monoisotopic (exact) mass is 262 g/mol. The third-order valence-electron chi connectivity index (χ3n) is 3.38. The minimum atomic E-state index is 0.0569. The van der Waals surface area contributed by atoms with E-state index in [2.05, 4.69) is 28.8 Å². The van der Waals surface area contributed by atoms with Crippen molar-refractivity contribution in [2.24, 2.45) is 0 Å². The molecule has 1 amide bonds. The molecule has 0 fully saturated rings. The molecule has 1 heterocycles. The second kappa shape index (κ2) is 7.14. The summed E-state index contributed by atoms with van der Waals surface area (Å²) in [7, 11) is 1.61. The number of benzene rings is 1. The van der Waals surface area contributed by atoms with E-state index >= 15 is 0 Å². The molecule has 0 bridgehead atoms. The molecule has 0 saturated carbocycles. The summed E-state index contributed by atoms with van der Waals surface area (Å²) in [6.45, 7) is 2.24. The smallest absolute Gasteiger partial charge is 0.222 e. The SMILES string of the molecule is COCCC(=O)NCCc1ccc2c(c1)CCCN2. The van der Waals surface area contributed by atoms with Gasteiger partial charge in [-0.25, -0.2) is 0 Å². The molecule has 1 aliphatic heterocycles. The standard InChI is InChI=1S/C15H22N2O2/c1-19-10-7-15(18)17-9-6-12-4-5-14-13(11-12)3-2-8-16-14/h4-5,11,16H,2-3,6-10H2,1H3,(H,17,18). The van der Waals surface area contributed by atoms with E-state index in [0.29, 0.717) is 19.6 Å². The van der Waals surface area contributed by atoms with Gasteiger partial charge in [0.1, 0.15) is 0 Å². The van der Waals surface area contributed by atoms with Crippen LogP contribution in [0.5, 0.6) is 0 Å². The van der Waals surface area contributed by atoms with E-state index in [1.54, 1.807) is 7.11 Å². The Balaban J connectivity index is 1.78. The maximum atomic E-state index is 11.4. The number of hydrogen-bond acceptors (Lipinski definition) is 3. The van der Waals surface area contributed by atoms with Crippen LogP contribution in [0.1, 0.15) is 24.0 Å². The van der Waals surface area contributed by atoms with Crippen molar-refractivity contribution in [3.05, 3.63) is 29.3 Å². The maximum absolute atomic E-state index is 11.4. The van der Waals surface area contributed by atoms with Crippen LogP contribution in [0.15, 0.2) is 18.2 Å². The van der Waals surface area contributed by atoms with Gasteiger partial charge < -0.3 is 15.4 Å². The molecule has 0 aromatic heterocycles. The van der Waals surface area contributed by atoms with Crippen LogP contribution in [-0.2, 0) is 22.4 Å². The number of rotatable bonds is 6. The van der Waals surface area contributed by atoms with E-state index in [1.165, 1.54) is 23.2 Å². The zero-order valence-corrected chi connectivity index (χ0v) is 11.5. The number of anilines is 1. The first kappa shape index (κ1) is 13.9. The Morgan fingerprint density at radius 1 is 1.47 bits per heavy atom. The topological polar surface area (TPSA) is 50.4 Å². The van der Waals surface area contributed by atoms with Gasteiger partial charge in [-0.1, -0.05) is 12.1 Å². The van der Waals surface area contributed by atoms with Gasteiger partial charge in [0.05, 0.1) is 6.61 Å². The van der Waals surface area contributed by atoms with Gasteiger partial charge in [-0.15, -0.1) is 0 Å². The second-order valence-corrected chi connectivity index (χ2v) is 4.86. The van der Waals surface area contributed by atoms with E-state index in [9.17, 15) is 4.79 Å². The van der Waals surface area contributed by atoms with Crippen LogP contribution >= 0.6 is 0 Å². The normalized spacial score (nSPS) is 13.5. The lowest BCUT2D eigenvalue weighted by Crippen LogP contribution is -2.26. The molecule has 4 heteroatoms. The van der Waals surface area contributed by atoms with Crippen molar-refractivity contribution < 1.29 is 9.53 Å². The molecule has 0 aliphatic carbocycles. The Bertz CT molecular complexity index is 432. The summed E-state index contributed by atoms with van der Waals surface area (Å²) in [5.41, 5.74) is 3.95. The highest BCUT2D eigenvalue weighted by Crippen LogP contribution is 2.22. The molecule has 4 nitrogen and oxygen atoms in total. The van der Waals surface area contributed by atoms with Gasteiger partial charge in [0.15, 0.2) is 0 Å². The van der Waals surface area contributed by atoms with E-state index in [0.717, 1.165) is 19.4 Å². The average Bonchev–Trinajstić information content (AvgIpc) is 2.45. The van der Waals surface area contributed by atoms with Gasteiger partial charge in [0.25, 0.3) is 0 Å². The second-order valence-electron chi connectivity index (χ2n) is 4.86. The predicted octanol–water partition coefficient (Wildman–Crippen LogP) is 1.74. The van der Waals surface area contributed by atoms with E-state index in [1.807, 2.05) is 0 Å².